The number of carbonyl (C=O) groups excluding carboxylic acids is 2. The van der Waals surface area contributed by atoms with Crippen molar-refractivity contribution in [2.75, 3.05) is 6.61 Å². The number of nitrogens with zero attached hydrogens (tertiary/aromatic N) is 1. The molecule has 0 atom stereocenters. The van der Waals surface area contributed by atoms with Crippen molar-refractivity contribution in [1.29, 1.82) is 0 Å². The molecular weight excluding hydrogens is 390 g/mol. The third-order valence-electron chi connectivity index (χ3n) is 4.13. The van der Waals surface area contributed by atoms with E-state index in [9.17, 15) is 19.7 Å². The molecule has 0 amide bonds. The molecule has 1 aliphatic carbocycles. The molecule has 0 fully saturated rings. The Morgan fingerprint density at radius 2 is 1.80 bits per heavy atom. The first-order valence-electron chi connectivity index (χ1n) is 7.72. The van der Waals surface area contributed by atoms with Gasteiger partial charge in [-0.15, -0.1) is 0 Å². The molecule has 0 saturated heterocycles. The summed E-state index contributed by atoms with van der Waals surface area (Å²) in [5.41, 5.74) is 2.72. The number of benzene rings is 2. The normalized spacial score (nSPS) is 12.5. The number of esters is 1. The average Bonchev–Trinajstić information content (AvgIpc) is 3.07. The zero-order valence-electron chi connectivity index (χ0n) is 13.2. The number of Topliss-reactive ketones (excluding diaryl/α,β-unsaturated/α-hetero) is 1. The summed E-state index contributed by atoms with van der Waals surface area (Å²) in [5.74, 6) is -1.07. The van der Waals surface area contributed by atoms with Crippen molar-refractivity contribution in [2.24, 2.45) is 0 Å². The largest absolute Gasteiger partial charge is 0.454 e. The van der Waals surface area contributed by atoms with Crippen molar-refractivity contribution >= 4 is 33.4 Å². The molecule has 7 heteroatoms. The smallest absolute Gasteiger partial charge is 0.338 e. The second kappa shape index (κ2) is 7.14. The van der Waals surface area contributed by atoms with Crippen LogP contribution in [0.3, 0.4) is 0 Å². The Kier molecular flexibility index (Phi) is 4.94. The van der Waals surface area contributed by atoms with Gasteiger partial charge in [-0.3, -0.25) is 14.9 Å². The van der Waals surface area contributed by atoms with Gasteiger partial charge in [-0.05, 0) is 64.5 Å². The number of ether oxygens (including phenoxy) is 1. The summed E-state index contributed by atoms with van der Waals surface area (Å²) in [6, 6.07) is 9.45. The van der Waals surface area contributed by atoms with Crippen LogP contribution in [0.25, 0.3) is 0 Å². The Labute approximate surface area is 152 Å². The van der Waals surface area contributed by atoms with Crippen LogP contribution < -0.4 is 0 Å². The van der Waals surface area contributed by atoms with E-state index in [1.165, 1.54) is 23.3 Å². The van der Waals surface area contributed by atoms with Crippen LogP contribution in [-0.4, -0.2) is 23.3 Å². The van der Waals surface area contributed by atoms with Crippen LogP contribution in [0.1, 0.15) is 38.3 Å². The van der Waals surface area contributed by atoms with Crippen molar-refractivity contribution < 1.29 is 19.2 Å². The number of halogens is 1. The minimum atomic E-state index is -0.773. The topological polar surface area (TPSA) is 86.5 Å². The van der Waals surface area contributed by atoms with Crippen molar-refractivity contribution in [1.82, 2.24) is 0 Å². The van der Waals surface area contributed by atoms with Crippen LogP contribution in [0.5, 0.6) is 0 Å². The van der Waals surface area contributed by atoms with Crippen LogP contribution in [0, 0.1) is 10.1 Å². The number of nitro benzene ring substituents is 1. The van der Waals surface area contributed by atoms with Crippen LogP contribution in [-0.2, 0) is 17.6 Å². The molecule has 25 heavy (non-hydrogen) atoms. The molecule has 0 unspecified atom stereocenters. The van der Waals surface area contributed by atoms with E-state index in [-0.39, 0.29) is 21.5 Å². The van der Waals surface area contributed by atoms with Gasteiger partial charge in [0.1, 0.15) is 0 Å². The predicted octanol–water partition coefficient (Wildman–Crippen LogP) is 3.89. The first-order chi connectivity index (χ1) is 12.0. The van der Waals surface area contributed by atoms with Gasteiger partial charge in [0.25, 0.3) is 5.69 Å². The third kappa shape index (κ3) is 3.76. The maximum atomic E-state index is 12.2. The maximum absolute atomic E-state index is 12.2. The molecular formula is C18H14BrNO5. The summed E-state index contributed by atoms with van der Waals surface area (Å²) in [7, 11) is 0. The minimum absolute atomic E-state index is 0.0247. The van der Waals surface area contributed by atoms with E-state index in [1.807, 2.05) is 12.1 Å². The van der Waals surface area contributed by atoms with E-state index in [1.54, 1.807) is 6.07 Å². The van der Waals surface area contributed by atoms with Crippen molar-refractivity contribution in [3.8, 4) is 0 Å². The molecule has 0 saturated carbocycles. The highest BCUT2D eigenvalue weighted by Gasteiger charge is 2.19. The Hall–Kier alpha value is -2.54. The van der Waals surface area contributed by atoms with Crippen molar-refractivity contribution in [2.45, 2.75) is 19.3 Å². The number of ketones is 1. The van der Waals surface area contributed by atoms with Gasteiger partial charge in [-0.2, -0.15) is 0 Å². The fourth-order valence-electron chi connectivity index (χ4n) is 2.82. The molecule has 1 aliphatic rings. The maximum Gasteiger partial charge on any atom is 0.338 e. The molecule has 0 aromatic heterocycles. The van der Waals surface area contributed by atoms with E-state index < -0.39 is 17.5 Å². The van der Waals surface area contributed by atoms with E-state index in [2.05, 4.69) is 15.9 Å². The number of nitro groups is 1. The molecule has 0 radical (unpaired) electrons. The predicted molar refractivity (Wildman–Crippen MR) is 93.9 cm³/mol. The van der Waals surface area contributed by atoms with E-state index >= 15 is 0 Å². The van der Waals surface area contributed by atoms with Gasteiger partial charge in [0.05, 0.1) is 15.0 Å². The lowest BCUT2D eigenvalue weighted by Crippen LogP contribution is -2.14. The summed E-state index contributed by atoms with van der Waals surface area (Å²) in [6.45, 7) is -0.401. The highest BCUT2D eigenvalue weighted by atomic mass is 79.9. The van der Waals surface area contributed by atoms with Crippen LogP contribution >= 0.6 is 15.9 Å². The summed E-state index contributed by atoms with van der Waals surface area (Å²) < 4.78 is 5.28. The molecule has 128 valence electrons. The average molecular weight is 404 g/mol. The Bertz CT molecular complexity index is 878. The molecule has 0 bridgehead atoms. The SMILES string of the molecule is O=C(COC(=O)c1ccc(Br)c([N+](=O)[O-])c1)c1ccc2c(c1)CCC2. The summed E-state index contributed by atoms with van der Waals surface area (Å²) >= 11 is 3.05. The zero-order chi connectivity index (χ0) is 18.0. The second-order valence-electron chi connectivity index (χ2n) is 5.76. The highest BCUT2D eigenvalue weighted by molar-refractivity contribution is 9.10. The van der Waals surface area contributed by atoms with Gasteiger partial charge < -0.3 is 4.74 Å². The summed E-state index contributed by atoms with van der Waals surface area (Å²) in [5, 5.41) is 10.9. The van der Waals surface area contributed by atoms with E-state index in [0.29, 0.717) is 5.56 Å². The quantitative estimate of drug-likeness (QED) is 0.327. The zero-order valence-corrected chi connectivity index (χ0v) is 14.7. The molecule has 0 aliphatic heterocycles. The number of fused-ring (bicyclic) bond motifs is 1. The van der Waals surface area contributed by atoms with Gasteiger partial charge in [0.2, 0.25) is 0 Å². The number of hydrogen-bond donors (Lipinski definition) is 0. The molecule has 2 aromatic carbocycles. The van der Waals surface area contributed by atoms with E-state index in [4.69, 9.17) is 4.74 Å². The number of rotatable bonds is 5. The van der Waals surface area contributed by atoms with Crippen molar-refractivity contribution in [3.63, 3.8) is 0 Å². The van der Waals surface area contributed by atoms with Gasteiger partial charge in [0.15, 0.2) is 12.4 Å². The molecule has 0 N–H and O–H groups in total. The lowest BCUT2D eigenvalue weighted by atomic mass is 10.0. The van der Waals surface area contributed by atoms with Crippen LogP contribution in [0.4, 0.5) is 5.69 Å². The monoisotopic (exact) mass is 403 g/mol. The van der Waals surface area contributed by atoms with Gasteiger partial charge in [-0.25, -0.2) is 4.79 Å². The fraction of sp³-hybridized carbons (Fsp3) is 0.222. The standard InChI is InChI=1S/C18H14BrNO5/c19-15-7-6-14(9-16(15)20(23)24)18(22)25-10-17(21)13-5-4-11-2-1-3-12(11)8-13/h4-9H,1-3,10H2. The Morgan fingerprint density at radius 3 is 2.56 bits per heavy atom. The molecule has 6 nitrogen and oxygen atoms in total. The number of hydrogen-bond acceptors (Lipinski definition) is 5. The number of aryl methyl sites for hydroxylation is 2. The highest BCUT2D eigenvalue weighted by Crippen LogP contribution is 2.26. The van der Waals surface area contributed by atoms with Crippen LogP contribution in [0.15, 0.2) is 40.9 Å². The van der Waals surface area contributed by atoms with Crippen molar-refractivity contribution in [3.05, 3.63) is 73.2 Å². The first kappa shape index (κ1) is 17.3. The van der Waals surface area contributed by atoms with Crippen LogP contribution in [0.2, 0.25) is 0 Å². The molecule has 0 spiro atoms. The first-order valence-corrected chi connectivity index (χ1v) is 8.51. The summed E-state index contributed by atoms with van der Waals surface area (Å²) in [4.78, 5) is 34.6. The lowest BCUT2D eigenvalue weighted by molar-refractivity contribution is -0.385. The van der Waals surface area contributed by atoms with Gasteiger partial charge in [0, 0.05) is 11.6 Å². The summed E-state index contributed by atoms with van der Waals surface area (Å²) in [6.07, 6.45) is 3.07. The Morgan fingerprint density at radius 1 is 1.08 bits per heavy atom. The minimum Gasteiger partial charge on any atom is -0.454 e. The lowest BCUT2D eigenvalue weighted by Gasteiger charge is -2.06. The Balaban J connectivity index is 1.67. The van der Waals surface area contributed by atoms with Gasteiger partial charge in [-0.1, -0.05) is 12.1 Å². The third-order valence-corrected chi connectivity index (χ3v) is 4.80. The molecule has 2 aromatic rings. The fourth-order valence-corrected chi connectivity index (χ4v) is 3.21. The number of carbonyl (C=O) groups is 2. The van der Waals surface area contributed by atoms with Gasteiger partial charge >= 0.3 is 5.97 Å². The second-order valence-corrected chi connectivity index (χ2v) is 6.61. The molecule has 3 rings (SSSR count). The molecule has 0 heterocycles. The van der Waals surface area contributed by atoms with E-state index in [0.717, 1.165) is 25.3 Å².